The maximum atomic E-state index is 14.7. The summed E-state index contributed by atoms with van der Waals surface area (Å²) in [5.41, 5.74) is 5.27. The van der Waals surface area contributed by atoms with Crippen LogP contribution in [0.15, 0.2) is 97.3 Å². The number of likely N-dealkylation sites (N-methyl/N-ethyl adjacent to an activating group) is 1. The summed E-state index contributed by atoms with van der Waals surface area (Å²) in [5, 5.41) is 13.9. The van der Waals surface area contributed by atoms with Gasteiger partial charge in [0.25, 0.3) is 5.91 Å². The number of anilines is 2. The van der Waals surface area contributed by atoms with Crippen molar-refractivity contribution in [2.75, 3.05) is 77.5 Å². The van der Waals surface area contributed by atoms with E-state index in [0.717, 1.165) is 69.4 Å². The predicted molar refractivity (Wildman–Crippen MR) is 273 cm³/mol. The number of imidazole rings is 1. The molecule has 71 heavy (non-hydrogen) atoms. The Morgan fingerprint density at radius 1 is 0.915 bits per heavy atom. The number of hydrogen-bond donors (Lipinski definition) is 1. The number of rotatable bonds is 15. The second-order valence-corrected chi connectivity index (χ2v) is 18.7. The minimum Gasteiger partial charge on any atom is -0.493 e. The van der Waals surface area contributed by atoms with Crippen LogP contribution >= 0.6 is 11.6 Å². The van der Waals surface area contributed by atoms with Crippen molar-refractivity contribution < 1.29 is 28.5 Å². The van der Waals surface area contributed by atoms with Crippen LogP contribution in [0.25, 0.3) is 33.1 Å². The minimum atomic E-state index is -0.480. The molecule has 2 saturated heterocycles. The van der Waals surface area contributed by atoms with Gasteiger partial charge in [-0.1, -0.05) is 60.6 Å². The first-order valence-corrected chi connectivity index (χ1v) is 24.2. The minimum absolute atomic E-state index is 0.0252. The monoisotopic (exact) mass is 974 g/mol. The molecule has 17 heteroatoms. The Balaban J connectivity index is 0.930. The third-order valence-corrected chi connectivity index (χ3v) is 14.4. The number of aromatic nitrogens is 5. The number of aromatic amines is 1. The number of nitrogens with one attached hydrogen (secondary N) is 1. The number of carbonyl (C=O) groups excluding carboxylic acids is 2. The lowest BCUT2D eigenvalue weighted by Crippen LogP contribution is -2.56. The van der Waals surface area contributed by atoms with E-state index >= 15 is 0 Å². The van der Waals surface area contributed by atoms with Crippen LogP contribution in [0, 0.1) is 11.3 Å². The van der Waals surface area contributed by atoms with Crippen LogP contribution in [0.5, 0.6) is 23.3 Å². The average molecular weight is 976 g/mol. The van der Waals surface area contributed by atoms with Crippen molar-refractivity contribution in [1.82, 2.24) is 34.3 Å². The number of methoxy groups -OCH3 is 3. The van der Waals surface area contributed by atoms with E-state index in [-0.39, 0.29) is 47.5 Å². The van der Waals surface area contributed by atoms with Crippen molar-refractivity contribution in [3.8, 4) is 40.7 Å². The Bertz CT molecular complexity index is 3200. The summed E-state index contributed by atoms with van der Waals surface area (Å²) in [6.07, 6.45) is 6.41. The Labute approximate surface area is 417 Å². The molecule has 4 aromatic carbocycles. The summed E-state index contributed by atoms with van der Waals surface area (Å²) in [5.74, 6) is 1.57. The molecule has 16 nitrogen and oxygen atoms in total. The molecule has 0 radical (unpaired) electrons. The lowest BCUT2D eigenvalue weighted by Gasteiger charge is -2.42. The largest absolute Gasteiger partial charge is 0.493 e. The third-order valence-electron chi connectivity index (χ3n) is 14.1. The summed E-state index contributed by atoms with van der Waals surface area (Å²) in [6, 6.07) is 25.6. The van der Waals surface area contributed by atoms with E-state index in [1.807, 2.05) is 42.6 Å². The van der Waals surface area contributed by atoms with Crippen molar-refractivity contribution in [2.45, 2.75) is 50.9 Å². The highest BCUT2D eigenvalue weighted by atomic mass is 35.5. The zero-order valence-corrected chi connectivity index (χ0v) is 41.0. The molecule has 10 rings (SSSR count). The summed E-state index contributed by atoms with van der Waals surface area (Å²) < 4.78 is 24.8. The molecule has 0 aliphatic carbocycles. The topological polar surface area (TPSA) is 167 Å². The molecule has 364 valence electrons. The van der Waals surface area contributed by atoms with Crippen LogP contribution in [-0.4, -0.2) is 126 Å². The summed E-state index contributed by atoms with van der Waals surface area (Å²) >= 11 is 6.82. The normalized spacial score (nSPS) is 17.0. The van der Waals surface area contributed by atoms with Crippen LogP contribution < -0.4 is 28.7 Å². The molecule has 6 heterocycles. The molecular weight excluding hydrogens is 920 g/mol. The molecule has 0 unspecified atom stereocenters. The lowest BCUT2D eigenvalue weighted by atomic mass is 10.0. The van der Waals surface area contributed by atoms with E-state index in [1.54, 1.807) is 27.8 Å². The molecule has 2 fully saturated rings. The first-order valence-electron chi connectivity index (χ1n) is 23.8. The van der Waals surface area contributed by atoms with E-state index in [1.165, 1.54) is 21.3 Å². The number of fused-ring (bicyclic) bond motifs is 3. The van der Waals surface area contributed by atoms with E-state index in [2.05, 4.69) is 63.6 Å². The maximum absolute atomic E-state index is 14.7. The molecule has 0 spiro atoms. The van der Waals surface area contributed by atoms with Gasteiger partial charge in [0.2, 0.25) is 11.5 Å². The number of likely N-dealkylation sites (tertiary alicyclic amines) is 1. The van der Waals surface area contributed by atoms with Crippen LogP contribution in [-0.2, 0) is 24.3 Å². The molecule has 3 aliphatic rings. The fourth-order valence-electron chi connectivity index (χ4n) is 10.4. The first kappa shape index (κ1) is 47.1. The maximum Gasteiger partial charge on any atom is 0.318 e. The van der Waals surface area contributed by atoms with E-state index < -0.39 is 6.04 Å². The Hall–Kier alpha value is -7.61. The zero-order valence-electron chi connectivity index (χ0n) is 40.3. The average Bonchev–Trinajstić information content (AvgIpc) is 4.14. The first-order chi connectivity index (χ1) is 34.6. The van der Waals surface area contributed by atoms with Gasteiger partial charge >= 0.3 is 6.01 Å². The Morgan fingerprint density at radius 2 is 1.70 bits per heavy atom. The van der Waals surface area contributed by atoms with Crippen molar-refractivity contribution >= 4 is 56.5 Å². The second kappa shape index (κ2) is 20.0. The number of hydrogen-bond acceptors (Lipinski definition) is 13. The summed E-state index contributed by atoms with van der Waals surface area (Å²) in [4.78, 5) is 55.9. The van der Waals surface area contributed by atoms with Gasteiger partial charge in [-0.3, -0.25) is 9.59 Å². The third kappa shape index (κ3) is 9.07. The van der Waals surface area contributed by atoms with Crippen LogP contribution in [0.2, 0.25) is 5.02 Å². The number of amides is 1. The van der Waals surface area contributed by atoms with E-state index in [4.69, 9.17) is 45.5 Å². The molecule has 1 amide bonds. The number of carbonyl (C=O) groups is 2. The quantitative estimate of drug-likeness (QED) is 0.0774. The van der Waals surface area contributed by atoms with Crippen LogP contribution in [0.1, 0.15) is 46.6 Å². The van der Waals surface area contributed by atoms with E-state index in [0.29, 0.717) is 79.9 Å². The summed E-state index contributed by atoms with van der Waals surface area (Å²) in [6.45, 7) is 8.21. The van der Waals surface area contributed by atoms with Crippen molar-refractivity contribution in [3.05, 3.63) is 125 Å². The lowest BCUT2D eigenvalue weighted by molar-refractivity contribution is -0.129. The number of H-pyrrole nitrogens is 1. The van der Waals surface area contributed by atoms with Gasteiger partial charge in [0.15, 0.2) is 11.5 Å². The Kier molecular flexibility index (Phi) is 13.3. The molecule has 3 aliphatic heterocycles. The smallest absolute Gasteiger partial charge is 0.318 e. The van der Waals surface area contributed by atoms with Gasteiger partial charge in [-0.25, -0.2) is 4.98 Å². The fourth-order valence-corrected chi connectivity index (χ4v) is 10.6. The van der Waals surface area contributed by atoms with Gasteiger partial charge in [-0.15, -0.1) is 0 Å². The van der Waals surface area contributed by atoms with Gasteiger partial charge in [0.1, 0.15) is 23.9 Å². The van der Waals surface area contributed by atoms with E-state index in [9.17, 15) is 14.9 Å². The molecule has 1 N–H and O–H groups in total. The number of nitriles is 1. The highest BCUT2D eigenvalue weighted by Gasteiger charge is 2.36. The number of nitrogens with zero attached hydrogens (tertiary/aromatic N) is 9. The van der Waals surface area contributed by atoms with Crippen molar-refractivity contribution in [1.29, 1.82) is 5.26 Å². The van der Waals surface area contributed by atoms with Gasteiger partial charge in [0.05, 0.1) is 63.7 Å². The number of ether oxygens (including phenoxy) is 4. The van der Waals surface area contributed by atoms with Crippen LogP contribution in [0.3, 0.4) is 0 Å². The molecule has 3 aromatic heterocycles. The van der Waals surface area contributed by atoms with Crippen LogP contribution in [0.4, 0.5) is 11.5 Å². The van der Waals surface area contributed by atoms with Gasteiger partial charge in [-0.05, 0) is 68.6 Å². The highest BCUT2D eigenvalue weighted by Crippen LogP contribution is 2.40. The fraction of sp³-hybridized carbons (Fsp3) is 0.333. The number of benzene rings is 4. The molecule has 7 aromatic rings. The van der Waals surface area contributed by atoms with Gasteiger partial charge < -0.3 is 48.1 Å². The molecular formula is C54H55ClN10O6. The second-order valence-electron chi connectivity index (χ2n) is 18.3. The SMILES string of the molecule is C=C(Cn1cc(C(=O)c2cc(OC)c(OC)c(OC)c2)nc1-c1c[nH]c2ccccc12)C(=O)N1CCN(c2nc(OC[C@@H]3CCCN3C)nc3c2CCN(c2cccc4cccc(Cl)c24)C3)C[C@@H]1CC#N. The van der Waals surface area contributed by atoms with Gasteiger partial charge in [0, 0.05) is 88.9 Å². The molecule has 2 atom stereocenters. The number of para-hydroxylation sites is 1. The highest BCUT2D eigenvalue weighted by molar-refractivity contribution is 6.36. The number of halogens is 1. The number of ketones is 1. The summed E-state index contributed by atoms with van der Waals surface area (Å²) in [7, 11) is 6.59. The molecule has 0 saturated carbocycles. The van der Waals surface area contributed by atoms with Gasteiger partial charge in [-0.2, -0.15) is 15.2 Å². The number of piperazine rings is 1. The van der Waals surface area contributed by atoms with Crippen molar-refractivity contribution in [2.24, 2.45) is 0 Å². The zero-order chi connectivity index (χ0) is 49.3. The standard InChI is InChI=1S/C54H55ClN10O6/c1-33(28-64-31-44(58-52(64)40-27-57-42-16-7-6-14-38(40)42)49(66)35-25-46(68-3)50(70-5)47(26-35)69-4)53(67)65-24-23-63(29-36(65)18-20-56)51-39-19-22-62(45-17-9-12-34-11-8-15-41(55)48(34)45)30-43(39)59-54(60-51)71-32-37-13-10-21-61(37)2/h6-9,11-12,14-17,25-27,31,36-37,57H,1,10,13,18-19,21-24,28-30,32H2,2-5H3/t36-,37-/m0/s1. The predicted octanol–water partition coefficient (Wildman–Crippen LogP) is 8.11. The Morgan fingerprint density at radius 3 is 2.45 bits per heavy atom. The molecule has 0 bridgehead atoms. The van der Waals surface area contributed by atoms with Crippen molar-refractivity contribution in [3.63, 3.8) is 0 Å².